The Labute approximate surface area is 117 Å². The second-order valence-electron chi connectivity index (χ2n) is 3.66. The SMILES string of the molecule is CC(c1nccs1)n1c(CO)nnc1SCC(=O)O. The highest BCUT2D eigenvalue weighted by molar-refractivity contribution is 7.99. The van der Waals surface area contributed by atoms with Gasteiger partial charge in [0.1, 0.15) is 11.6 Å². The number of hydrogen-bond acceptors (Lipinski definition) is 7. The average Bonchev–Trinajstić information content (AvgIpc) is 3.04. The van der Waals surface area contributed by atoms with Crippen LogP contribution >= 0.6 is 23.1 Å². The molecule has 0 aromatic carbocycles. The summed E-state index contributed by atoms with van der Waals surface area (Å²) in [4.78, 5) is 14.8. The highest BCUT2D eigenvalue weighted by Crippen LogP contribution is 2.27. The number of aliphatic hydroxyl groups is 1. The van der Waals surface area contributed by atoms with E-state index in [2.05, 4.69) is 15.2 Å². The zero-order valence-corrected chi connectivity index (χ0v) is 11.7. The van der Waals surface area contributed by atoms with Gasteiger partial charge in [-0.15, -0.1) is 21.5 Å². The molecule has 9 heteroatoms. The van der Waals surface area contributed by atoms with E-state index in [-0.39, 0.29) is 18.4 Å². The fourth-order valence-corrected chi connectivity index (χ4v) is 3.02. The van der Waals surface area contributed by atoms with Gasteiger partial charge < -0.3 is 10.2 Å². The smallest absolute Gasteiger partial charge is 0.313 e. The quantitative estimate of drug-likeness (QED) is 0.768. The summed E-state index contributed by atoms with van der Waals surface area (Å²) in [6, 6.07) is -0.145. The Bertz CT molecular complexity index is 555. The second-order valence-corrected chi connectivity index (χ2v) is 5.52. The van der Waals surface area contributed by atoms with Crippen LogP contribution < -0.4 is 0 Å². The number of aliphatic carboxylic acids is 1. The van der Waals surface area contributed by atoms with Gasteiger partial charge in [0, 0.05) is 11.6 Å². The number of carbonyl (C=O) groups is 1. The Morgan fingerprint density at radius 1 is 1.58 bits per heavy atom. The molecule has 0 aliphatic carbocycles. The van der Waals surface area contributed by atoms with Crippen LogP contribution in [0.5, 0.6) is 0 Å². The van der Waals surface area contributed by atoms with E-state index < -0.39 is 5.97 Å². The number of carboxylic acid groups (broad SMARTS) is 1. The minimum atomic E-state index is -0.924. The molecule has 0 spiro atoms. The van der Waals surface area contributed by atoms with Crippen molar-refractivity contribution in [1.82, 2.24) is 19.7 Å². The molecule has 0 fully saturated rings. The van der Waals surface area contributed by atoms with Crippen LogP contribution in [0.4, 0.5) is 0 Å². The maximum absolute atomic E-state index is 10.6. The fourth-order valence-electron chi connectivity index (χ4n) is 1.58. The van der Waals surface area contributed by atoms with Gasteiger partial charge in [-0.2, -0.15) is 0 Å². The first-order valence-electron chi connectivity index (χ1n) is 5.42. The number of aliphatic hydroxyl groups excluding tert-OH is 1. The molecular weight excluding hydrogens is 288 g/mol. The first kappa shape index (κ1) is 14.0. The van der Waals surface area contributed by atoms with E-state index in [1.165, 1.54) is 11.3 Å². The molecule has 2 N–H and O–H groups in total. The molecule has 0 amide bonds. The maximum Gasteiger partial charge on any atom is 0.313 e. The molecule has 0 radical (unpaired) electrons. The van der Waals surface area contributed by atoms with Crippen LogP contribution in [0.15, 0.2) is 16.7 Å². The molecule has 102 valence electrons. The molecule has 2 heterocycles. The number of nitrogens with zero attached hydrogens (tertiary/aromatic N) is 4. The lowest BCUT2D eigenvalue weighted by atomic mass is 10.3. The molecule has 2 rings (SSSR count). The molecule has 0 aliphatic rings. The molecule has 1 atom stereocenters. The highest BCUT2D eigenvalue weighted by Gasteiger charge is 2.20. The number of thiazole rings is 1. The van der Waals surface area contributed by atoms with Gasteiger partial charge in [0.05, 0.1) is 11.8 Å². The van der Waals surface area contributed by atoms with Gasteiger partial charge in [-0.25, -0.2) is 4.98 Å². The number of rotatable bonds is 6. The molecule has 0 bridgehead atoms. The topological polar surface area (TPSA) is 101 Å². The van der Waals surface area contributed by atoms with E-state index in [4.69, 9.17) is 5.11 Å². The first-order valence-corrected chi connectivity index (χ1v) is 7.28. The summed E-state index contributed by atoms with van der Waals surface area (Å²) >= 11 is 2.56. The lowest BCUT2D eigenvalue weighted by Gasteiger charge is -2.14. The average molecular weight is 300 g/mol. The van der Waals surface area contributed by atoms with Crippen LogP contribution in [0, 0.1) is 0 Å². The van der Waals surface area contributed by atoms with Gasteiger partial charge in [-0.1, -0.05) is 11.8 Å². The van der Waals surface area contributed by atoms with Crippen molar-refractivity contribution in [3.05, 3.63) is 22.4 Å². The molecule has 19 heavy (non-hydrogen) atoms. The predicted octanol–water partition coefficient (Wildman–Crippen LogP) is 1.01. The van der Waals surface area contributed by atoms with Crippen molar-refractivity contribution in [1.29, 1.82) is 0 Å². The molecular formula is C10H12N4O3S2. The lowest BCUT2D eigenvalue weighted by Crippen LogP contribution is -2.12. The van der Waals surface area contributed by atoms with Crippen molar-refractivity contribution < 1.29 is 15.0 Å². The maximum atomic E-state index is 10.6. The zero-order chi connectivity index (χ0) is 13.8. The summed E-state index contributed by atoms with van der Waals surface area (Å²) in [5, 5.41) is 29.0. The van der Waals surface area contributed by atoms with Crippen molar-refractivity contribution in [3.8, 4) is 0 Å². The number of aromatic nitrogens is 4. The van der Waals surface area contributed by atoms with E-state index in [1.54, 1.807) is 10.8 Å². The van der Waals surface area contributed by atoms with Crippen LogP contribution in [-0.2, 0) is 11.4 Å². The van der Waals surface area contributed by atoms with Gasteiger partial charge in [0.2, 0.25) is 0 Å². The molecule has 2 aromatic heterocycles. The summed E-state index contributed by atoms with van der Waals surface area (Å²) in [5.74, 6) is -0.628. The third-order valence-electron chi connectivity index (χ3n) is 2.40. The van der Waals surface area contributed by atoms with Crippen LogP contribution in [-0.4, -0.2) is 41.7 Å². The van der Waals surface area contributed by atoms with Crippen LogP contribution in [0.25, 0.3) is 0 Å². The summed E-state index contributed by atoms with van der Waals surface area (Å²) in [6.45, 7) is 1.66. The van der Waals surface area contributed by atoms with E-state index in [0.29, 0.717) is 11.0 Å². The van der Waals surface area contributed by atoms with Gasteiger partial charge in [-0.05, 0) is 6.92 Å². The Kier molecular flexibility index (Phi) is 4.51. The summed E-state index contributed by atoms with van der Waals surface area (Å²) in [6.07, 6.45) is 1.70. The lowest BCUT2D eigenvalue weighted by molar-refractivity contribution is -0.133. The van der Waals surface area contributed by atoms with E-state index >= 15 is 0 Å². The highest BCUT2D eigenvalue weighted by atomic mass is 32.2. The molecule has 0 saturated carbocycles. The molecule has 1 unspecified atom stereocenters. The van der Waals surface area contributed by atoms with Gasteiger partial charge >= 0.3 is 5.97 Å². The fraction of sp³-hybridized carbons (Fsp3) is 0.400. The van der Waals surface area contributed by atoms with Crippen LogP contribution in [0.2, 0.25) is 0 Å². The monoisotopic (exact) mass is 300 g/mol. The molecule has 2 aromatic rings. The van der Waals surface area contributed by atoms with Gasteiger partial charge in [-0.3, -0.25) is 9.36 Å². The summed E-state index contributed by atoms with van der Waals surface area (Å²) in [7, 11) is 0. The second kappa shape index (κ2) is 6.13. The molecule has 0 saturated heterocycles. The normalized spacial score (nSPS) is 12.5. The Morgan fingerprint density at radius 3 is 2.95 bits per heavy atom. The van der Waals surface area contributed by atoms with Crippen molar-refractivity contribution >= 4 is 29.1 Å². The van der Waals surface area contributed by atoms with Crippen molar-refractivity contribution in [2.75, 3.05) is 5.75 Å². The first-order chi connectivity index (χ1) is 9.13. The minimum absolute atomic E-state index is 0.103. The Morgan fingerprint density at radius 2 is 2.37 bits per heavy atom. The third kappa shape index (κ3) is 3.11. The largest absolute Gasteiger partial charge is 0.481 e. The predicted molar refractivity (Wildman–Crippen MR) is 70.2 cm³/mol. The van der Waals surface area contributed by atoms with Crippen LogP contribution in [0.1, 0.15) is 23.8 Å². The Balaban J connectivity index is 2.30. The van der Waals surface area contributed by atoms with Crippen LogP contribution in [0.3, 0.4) is 0 Å². The van der Waals surface area contributed by atoms with E-state index in [1.807, 2.05) is 12.3 Å². The van der Waals surface area contributed by atoms with Crippen molar-refractivity contribution in [3.63, 3.8) is 0 Å². The summed E-state index contributed by atoms with van der Waals surface area (Å²) < 4.78 is 1.71. The third-order valence-corrected chi connectivity index (χ3v) is 4.27. The number of hydrogen-bond donors (Lipinski definition) is 2. The number of thioether (sulfide) groups is 1. The van der Waals surface area contributed by atoms with Crippen molar-refractivity contribution in [2.45, 2.75) is 24.7 Å². The minimum Gasteiger partial charge on any atom is -0.481 e. The molecule has 7 nitrogen and oxygen atoms in total. The Hall–Kier alpha value is -1.45. The van der Waals surface area contributed by atoms with Gasteiger partial charge in [0.25, 0.3) is 0 Å². The van der Waals surface area contributed by atoms with E-state index in [0.717, 1.165) is 16.8 Å². The zero-order valence-electron chi connectivity index (χ0n) is 10.1. The molecule has 0 aliphatic heterocycles. The van der Waals surface area contributed by atoms with Gasteiger partial charge in [0.15, 0.2) is 11.0 Å². The number of carboxylic acids is 1. The van der Waals surface area contributed by atoms with Crippen molar-refractivity contribution in [2.24, 2.45) is 0 Å². The standard InChI is InChI=1S/C10H12N4O3S2/c1-6(9-11-2-3-18-9)14-7(4-15)12-13-10(14)19-5-8(16)17/h2-3,6,15H,4-5H2,1H3,(H,16,17). The van der Waals surface area contributed by atoms with E-state index in [9.17, 15) is 9.90 Å². The summed E-state index contributed by atoms with van der Waals surface area (Å²) in [5.41, 5.74) is 0.